The van der Waals surface area contributed by atoms with Gasteiger partial charge in [0.25, 0.3) is 0 Å². The molecule has 0 amide bonds. The van der Waals surface area contributed by atoms with Crippen LogP contribution in [0.1, 0.15) is 68.6 Å². The van der Waals surface area contributed by atoms with E-state index in [2.05, 4.69) is 25.1 Å². The van der Waals surface area contributed by atoms with Crippen LogP contribution in [-0.2, 0) is 0 Å². The van der Waals surface area contributed by atoms with Crippen LogP contribution in [0, 0.1) is 22.7 Å². The van der Waals surface area contributed by atoms with Crippen molar-refractivity contribution in [3.8, 4) is 6.07 Å². The Hall–Kier alpha value is -1.33. The summed E-state index contributed by atoms with van der Waals surface area (Å²) < 4.78 is 0. The largest absolute Gasteiger partial charge is 0.387 e. The minimum absolute atomic E-state index is 0.532. The Morgan fingerprint density at radius 1 is 1.35 bits per heavy atom. The Morgan fingerprint density at radius 3 is 2.80 bits per heavy atom. The maximum absolute atomic E-state index is 10.8. The average molecular weight is 269 g/mol. The lowest BCUT2D eigenvalue weighted by Gasteiger charge is -2.38. The van der Waals surface area contributed by atoms with Gasteiger partial charge in [0.05, 0.1) is 17.6 Å². The summed E-state index contributed by atoms with van der Waals surface area (Å²) in [5.74, 6) is 1.22. The molecule has 3 atom stereocenters. The molecule has 3 rings (SSSR count). The average Bonchev–Trinajstić information content (AvgIpc) is 3.31. The highest BCUT2D eigenvalue weighted by molar-refractivity contribution is 5.32. The summed E-state index contributed by atoms with van der Waals surface area (Å²) in [6.45, 7) is 2.19. The molecule has 2 nitrogen and oxygen atoms in total. The van der Waals surface area contributed by atoms with Gasteiger partial charge < -0.3 is 5.11 Å². The van der Waals surface area contributed by atoms with Gasteiger partial charge in [-0.1, -0.05) is 44.0 Å². The number of benzene rings is 1. The normalized spacial score (nSPS) is 31.6. The van der Waals surface area contributed by atoms with Crippen molar-refractivity contribution in [2.45, 2.75) is 57.5 Å². The maximum atomic E-state index is 10.8. The SMILES string of the molecule is CC1CCCC(C#N)(C(O)c2cccc(C3CC3)c2)C1. The highest BCUT2D eigenvalue weighted by Gasteiger charge is 2.42. The van der Waals surface area contributed by atoms with Crippen molar-refractivity contribution in [3.05, 3.63) is 35.4 Å². The molecular weight excluding hydrogens is 246 g/mol. The van der Waals surface area contributed by atoms with E-state index in [0.717, 1.165) is 24.8 Å². The molecule has 1 N–H and O–H groups in total. The van der Waals surface area contributed by atoms with Gasteiger partial charge >= 0.3 is 0 Å². The minimum Gasteiger partial charge on any atom is -0.387 e. The highest BCUT2D eigenvalue weighted by Crippen LogP contribution is 2.48. The van der Waals surface area contributed by atoms with Crippen molar-refractivity contribution in [3.63, 3.8) is 0 Å². The van der Waals surface area contributed by atoms with Gasteiger partial charge in [0.1, 0.15) is 0 Å². The van der Waals surface area contributed by atoms with E-state index in [9.17, 15) is 10.4 Å². The van der Waals surface area contributed by atoms with Crippen LogP contribution in [0.5, 0.6) is 0 Å². The molecule has 2 aliphatic rings. The van der Waals surface area contributed by atoms with Crippen LogP contribution in [0.4, 0.5) is 0 Å². The molecule has 3 unspecified atom stereocenters. The van der Waals surface area contributed by atoms with Crippen LogP contribution in [0.3, 0.4) is 0 Å². The van der Waals surface area contributed by atoms with E-state index in [1.165, 1.54) is 24.8 Å². The monoisotopic (exact) mass is 269 g/mol. The third kappa shape index (κ3) is 2.47. The number of rotatable bonds is 3. The number of nitrogens with zero attached hydrogens (tertiary/aromatic N) is 1. The van der Waals surface area contributed by atoms with E-state index in [1.54, 1.807) is 0 Å². The number of aliphatic hydroxyl groups is 1. The van der Waals surface area contributed by atoms with Crippen LogP contribution in [0.25, 0.3) is 0 Å². The molecular formula is C18H23NO. The Morgan fingerprint density at radius 2 is 2.15 bits per heavy atom. The summed E-state index contributed by atoms with van der Waals surface area (Å²) in [6.07, 6.45) is 5.75. The van der Waals surface area contributed by atoms with Crippen LogP contribution in [0.2, 0.25) is 0 Å². The first kappa shape index (κ1) is 13.6. The Bertz CT molecular complexity index is 528. The fourth-order valence-electron chi connectivity index (χ4n) is 3.72. The van der Waals surface area contributed by atoms with E-state index in [4.69, 9.17) is 0 Å². The molecule has 0 aliphatic heterocycles. The van der Waals surface area contributed by atoms with Crippen molar-refractivity contribution in [2.75, 3.05) is 0 Å². The third-order valence-corrected chi connectivity index (χ3v) is 5.05. The van der Waals surface area contributed by atoms with Gasteiger partial charge in [-0.2, -0.15) is 5.26 Å². The van der Waals surface area contributed by atoms with Gasteiger partial charge in [-0.25, -0.2) is 0 Å². The van der Waals surface area contributed by atoms with Gasteiger partial charge in [0.2, 0.25) is 0 Å². The second-order valence-electron chi connectivity index (χ2n) is 6.82. The molecule has 106 valence electrons. The lowest BCUT2D eigenvalue weighted by Crippen LogP contribution is -2.33. The van der Waals surface area contributed by atoms with Crippen LogP contribution >= 0.6 is 0 Å². The fraction of sp³-hybridized carbons (Fsp3) is 0.611. The predicted molar refractivity (Wildman–Crippen MR) is 79.1 cm³/mol. The molecule has 0 heterocycles. The highest BCUT2D eigenvalue weighted by atomic mass is 16.3. The molecule has 0 saturated heterocycles. The lowest BCUT2D eigenvalue weighted by molar-refractivity contribution is 0.0219. The zero-order chi connectivity index (χ0) is 14.2. The molecule has 1 aromatic rings. The predicted octanol–water partition coefficient (Wildman–Crippen LogP) is 4.32. The van der Waals surface area contributed by atoms with E-state index in [-0.39, 0.29) is 0 Å². The zero-order valence-corrected chi connectivity index (χ0v) is 12.2. The van der Waals surface area contributed by atoms with Gasteiger partial charge in [-0.15, -0.1) is 0 Å². The summed E-state index contributed by atoms with van der Waals surface area (Å²) in [5, 5.41) is 20.5. The molecule has 0 aromatic heterocycles. The Labute approximate surface area is 121 Å². The summed E-state index contributed by atoms with van der Waals surface area (Å²) >= 11 is 0. The molecule has 0 radical (unpaired) electrons. The summed E-state index contributed by atoms with van der Waals surface area (Å²) in [4.78, 5) is 0. The summed E-state index contributed by atoms with van der Waals surface area (Å²) in [6, 6.07) is 10.7. The van der Waals surface area contributed by atoms with Crippen LogP contribution < -0.4 is 0 Å². The molecule has 20 heavy (non-hydrogen) atoms. The molecule has 2 saturated carbocycles. The van der Waals surface area contributed by atoms with E-state index >= 15 is 0 Å². The smallest absolute Gasteiger partial charge is 0.0976 e. The van der Waals surface area contributed by atoms with Crippen LogP contribution in [0.15, 0.2) is 24.3 Å². The quantitative estimate of drug-likeness (QED) is 0.888. The van der Waals surface area contributed by atoms with Crippen molar-refractivity contribution >= 4 is 0 Å². The molecule has 2 heteroatoms. The molecule has 2 fully saturated rings. The molecule has 2 aliphatic carbocycles. The number of aliphatic hydroxyl groups excluding tert-OH is 1. The number of hydrogen-bond donors (Lipinski definition) is 1. The Balaban J connectivity index is 1.88. The van der Waals surface area contributed by atoms with Crippen molar-refractivity contribution in [1.82, 2.24) is 0 Å². The van der Waals surface area contributed by atoms with Gasteiger partial charge in [0.15, 0.2) is 0 Å². The summed E-state index contributed by atoms with van der Waals surface area (Å²) in [7, 11) is 0. The van der Waals surface area contributed by atoms with Gasteiger partial charge in [0, 0.05) is 0 Å². The fourth-order valence-corrected chi connectivity index (χ4v) is 3.72. The molecule has 1 aromatic carbocycles. The summed E-state index contributed by atoms with van der Waals surface area (Å²) in [5.41, 5.74) is 1.68. The van der Waals surface area contributed by atoms with E-state index in [1.807, 2.05) is 12.1 Å². The standard InChI is InChI=1S/C18H23NO/c1-13-4-3-9-18(11-13,12-19)17(20)16-6-2-5-15(10-16)14-7-8-14/h2,5-6,10,13-14,17,20H,3-4,7-9,11H2,1H3. The molecule has 0 spiro atoms. The second-order valence-corrected chi connectivity index (χ2v) is 6.82. The van der Waals surface area contributed by atoms with Crippen molar-refractivity contribution in [2.24, 2.45) is 11.3 Å². The Kier molecular flexibility index (Phi) is 3.56. The first-order chi connectivity index (χ1) is 9.64. The number of hydrogen-bond acceptors (Lipinski definition) is 2. The zero-order valence-electron chi connectivity index (χ0n) is 12.2. The van der Waals surface area contributed by atoms with Gasteiger partial charge in [-0.3, -0.25) is 0 Å². The topological polar surface area (TPSA) is 44.0 Å². The number of nitriles is 1. The van der Waals surface area contributed by atoms with Gasteiger partial charge in [-0.05, 0) is 48.6 Å². The first-order valence-electron chi connectivity index (χ1n) is 7.84. The second kappa shape index (κ2) is 5.22. The maximum Gasteiger partial charge on any atom is 0.0976 e. The van der Waals surface area contributed by atoms with Crippen molar-refractivity contribution < 1.29 is 5.11 Å². The van der Waals surface area contributed by atoms with Crippen LogP contribution in [-0.4, -0.2) is 5.11 Å². The lowest BCUT2D eigenvalue weighted by atomic mass is 9.66. The third-order valence-electron chi connectivity index (χ3n) is 5.05. The van der Waals surface area contributed by atoms with E-state index < -0.39 is 11.5 Å². The minimum atomic E-state index is -0.644. The van der Waals surface area contributed by atoms with Crippen molar-refractivity contribution in [1.29, 1.82) is 5.26 Å². The van der Waals surface area contributed by atoms with E-state index in [0.29, 0.717) is 11.8 Å². The first-order valence-corrected chi connectivity index (χ1v) is 7.84. The molecule has 0 bridgehead atoms.